The monoisotopic (exact) mass is 293 g/mol. The highest BCUT2D eigenvalue weighted by Gasteiger charge is 2.26. The van der Waals surface area contributed by atoms with E-state index in [0.29, 0.717) is 23.6 Å². The standard InChI is InChI=1S/C13H16ClN5O/c14-12-6-15-7-13(17-12)20-10-11-8-18(9-11)4-5-19-3-1-2-16-19/h1-3,6-7,11H,4-5,8-10H2. The van der Waals surface area contributed by atoms with Crippen LogP contribution in [0.1, 0.15) is 0 Å². The molecule has 2 aromatic rings. The van der Waals surface area contributed by atoms with Crippen LogP contribution < -0.4 is 4.74 Å². The van der Waals surface area contributed by atoms with E-state index in [0.717, 1.165) is 26.2 Å². The third-order valence-electron chi connectivity index (χ3n) is 3.29. The Morgan fingerprint density at radius 1 is 1.30 bits per heavy atom. The fourth-order valence-corrected chi connectivity index (χ4v) is 2.38. The van der Waals surface area contributed by atoms with Gasteiger partial charge in [-0.15, -0.1) is 0 Å². The van der Waals surface area contributed by atoms with Crippen LogP contribution in [0.25, 0.3) is 0 Å². The Kier molecular flexibility index (Phi) is 4.13. The van der Waals surface area contributed by atoms with Crippen LogP contribution in [-0.2, 0) is 6.54 Å². The Balaban J connectivity index is 1.34. The summed E-state index contributed by atoms with van der Waals surface area (Å²) in [5.74, 6) is 1.04. The van der Waals surface area contributed by atoms with Crippen LogP contribution in [0, 0.1) is 5.92 Å². The van der Waals surface area contributed by atoms with Gasteiger partial charge >= 0.3 is 0 Å². The smallest absolute Gasteiger partial charge is 0.233 e. The number of rotatable bonds is 6. The maximum absolute atomic E-state index is 5.75. The molecular weight excluding hydrogens is 278 g/mol. The van der Waals surface area contributed by atoms with Crippen molar-refractivity contribution in [2.24, 2.45) is 5.92 Å². The fraction of sp³-hybridized carbons (Fsp3) is 0.462. The van der Waals surface area contributed by atoms with Crippen molar-refractivity contribution in [1.29, 1.82) is 0 Å². The Bertz CT molecular complexity index is 541. The van der Waals surface area contributed by atoms with Gasteiger partial charge in [-0.25, -0.2) is 0 Å². The lowest BCUT2D eigenvalue weighted by Gasteiger charge is -2.38. The van der Waals surface area contributed by atoms with Crippen molar-refractivity contribution in [2.45, 2.75) is 6.54 Å². The van der Waals surface area contributed by atoms with E-state index in [1.54, 1.807) is 12.4 Å². The molecule has 1 saturated heterocycles. The molecule has 0 spiro atoms. The van der Waals surface area contributed by atoms with Gasteiger partial charge < -0.3 is 9.64 Å². The number of likely N-dealkylation sites (tertiary alicyclic amines) is 1. The third kappa shape index (κ3) is 3.46. The van der Waals surface area contributed by atoms with Gasteiger partial charge in [0.15, 0.2) is 5.15 Å². The average Bonchev–Trinajstić information content (AvgIpc) is 2.89. The van der Waals surface area contributed by atoms with Gasteiger partial charge in [0.2, 0.25) is 5.88 Å². The van der Waals surface area contributed by atoms with Crippen LogP contribution in [0.4, 0.5) is 0 Å². The molecule has 0 amide bonds. The number of hydrogen-bond acceptors (Lipinski definition) is 5. The molecule has 0 unspecified atom stereocenters. The molecule has 2 aromatic heterocycles. The lowest BCUT2D eigenvalue weighted by atomic mass is 10.0. The van der Waals surface area contributed by atoms with Gasteiger partial charge in [0.05, 0.1) is 25.5 Å². The molecule has 0 radical (unpaired) electrons. The average molecular weight is 294 g/mol. The highest BCUT2D eigenvalue weighted by Crippen LogP contribution is 2.17. The second-order valence-corrected chi connectivity index (χ2v) is 5.27. The molecule has 3 heterocycles. The molecule has 0 aliphatic carbocycles. The summed E-state index contributed by atoms with van der Waals surface area (Å²) < 4.78 is 7.54. The molecule has 1 fully saturated rings. The third-order valence-corrected chi connectivity index (χ3v) is 3.47. The molecule has 7 heteroatoms. The predicted molar refractivity (Wildman–Crippen MR) is 74.7 cm³/mol. The first-order chi connectivity index (χ1) is 9.79. The van der Waals surface area contributed by atoms with E-state index >= 15 is 0 Å². The van der Waals surface area contributed by atoms with Crippen molar-refractivity contribution in [3.63, 3.8) is 0 Å². The largest absolute Gasteiger partial charge is 0.476 e. The first-order valence-electron chi connectivity index (χ1n) is 6.60. The Labute approximate surface area is 122 Å². The van der Waals surface area contributed by atoms with Crippen LogP contribution in [-0.4, -0.2) is 50.9 Å². The molecule has 0 atom stereocenters. The van der Waals surface area contributed by atoms with Gasteiger partial charge in [-0.05, 0) is 6.07 Å². The van der Waals surface area contributed by atoms with E-state index in [9.17, 15) is 0 Å². The van der Waals surface area contributed by atoms with Crippen molar-refractivity contribution in [3.8, 4) is 5.88 Å². The summed E-state index contributed by atoms with van der Waals surface area (Å²) in [6.45, 7) is 4.72. The number of hydrogen-bond donors (Lipinski definition) is 0. The minimum atomic E-state index is 0.358. The zero-order chi connectivity index (χ0) is 13.8. The van der Waals surface area contributed by atoms with Crippen LogP contribution >= 0.6 is 11.6 Å². The molecule has 20 heavy (non-hydrogen) atoms. The number of aromatic nitrogens is 4. The fourth-order valence-electron chi connectivity index (χ4n) is 2.24. The molecule has 3 rings (SSSR count). The lowest BCUT2D eigenvalue weighted by Crippen LogP contribution is -2.50. The summed E-state index contributed by atoms with van der Waals surface area (Å²) in [6, 6.07) is 1.94. The van der Waals surface area contributed by atoms with Gasteiger partial charge in [-0.2, -0.15) is 10.1 Å². The highest BCUT2D eigenvalue weighted by atomic mass is 35.5. The second kappa shape index (κ2) is 6.19. The zero-order valence-electron chi connectivity index (χ0n) is 11.0. The highest BCUT2D eigenvalue weighted by molar-refractivity contribution is 6.29. The molecule has 106 valence electrons. The van der Waals surface area contributed by atoms with E-state index in [-0.39, 0.29) is 0 Å². The van der Waals surface area contributed by atoms with Crippen molar-refractivity contribution < 1.29 is 4.74 Å². The maximum atomic E-state index is 5.75. The normalized spacial score (nSPS) is 16.1. The number of halogens is 1. The Morgan fingerprint density at radius 2 is 2.20 bits per heavy atom. The van der Waals surface area contributed by atoms with Gasteiger partial charge in [0.1, 0.15) is 0 Å². The predicted octanol–water partition coefficient (Wildman–Crippen LogP) is 1.34. The number of ether oxygens (including phenoxy) is 1. The Hall–Kier alpha value is -1.66. The van der Waals surface area contributed by atoms with E-state index in [2.05, 4.69) is 20.0 Å². The summed E-state index contributed by atoms with van der Waals surface area (Å²) in [6.07, 6.45) is 6.87. The Morgan fingerprint density at radius 3 is 2.95 bits per heavy atom. The lowest BCUT2D eigenvalue weighted by molar-refractivity contribution is 0.0570. The van der Waals surface area contributed by atoms with E-state index in [1.807, 2.05) is 16.9 Å². The van der Waals surface area contributed by atoms with Crippen molar-refractivity contribution >= 4 is 11.6 Å². The molecule has 1 aliphatic heterocycles. The summed E-state index contributed by atoms with van der Waals surface area (Å²) in [7, 11) is 0. The summed E-state index contributed by atoms with van der Waals surface area (Å²) in [5.41, 5.74) is 0. The first-order valence-corrected chi connectivity index (χ1v) is 6.97. The van der Waals surface area contributed by atoms with Gasteiger partial charge in [-0.3, -0.25) is 9.67 Å². The van der Waals surface area contributed by atoms with Crippen LogP contribution in [0.15, 0.2) is 30.9 Å². The summed E-state index contributed by atoms with van der Waals surface area (Å²) >= 11 is 5.75. The molecule has 0 bridgehead atoms. The van der Waals surface area contributed by atoms with Crippen LogP contribution in [0.5, 0.6) is 5.88 Å². The molecule has 0 aromatic carbocycles. The van der Waals surface area contributed by atoms with Crippen molar-refractivity contribution in [2.75, 3.05) is 26.2 Å². The summed E-state index contributed by atoms with van der Waals surface area (Å²) in [5, 5.41) is 4.55. The van der Waals surface area contributed by atoms with E-state index < -0.39 is 0 Å². The molecule has 6 nitrogen and oxygen atoms in total. The minimum absolute atomic E-state index is 0.358. The molecule has 0 saturated carbocycles. The molecular formula is C13H16ClN5O. The van der Waals surface area contributed by atoms with Crippen molar-refractivity contribution in [1.82, 2.24) is 24.6 Å². The minimum Gasteiger partial charge on any atom is -0.476 e. The molecule has 1 aliphatic rings. The molecule has 0 N–H and O–H groups in total. The van der Waals surface area contributed by atoms with Crippen LogP contribution in [0.3, 0.4) is 0 Å². The second-order valence-electron chi connectivity index (χ2n) is 4.89. The zero-order valence-corrected chi connectivity index (χ0v) is 11.8. The quantitative estimate of drug-likeness (QED) is 0.804. The van der Waals surface area contributed by atoms with Crippen molar-refractivity contribution in [3.05, 3.63) is 36.0 Å². The van der Waals surface area contributed by atoms with E-state index in [4.69, 9.17) is 16.3 Å². The first kappa shape index (κ1) is 13.3. The SMILES string of the molecule is Clc1cncc(OCC2CN(CCn3cccn3)C2)n1. The number of nitrogens with zero attached hydrogens (tertiary/aromatic N) is 5. The maximum Gasteiger partial charge on any atom is 0.233 e. The van der Waals surface area contributed by atoms with Gasteiger partial charge in [-0.1, -0.05) is 11.6 Å². The van der Waals surface area contributed by atoms with Gasteiger partial charge in [0.25, 0.3) is 0 Å². The van der Waals surface area contributed by atoms with Gasteiger partial charge in [0, 0.05) is 37.9 Å². The van der Waals surface area contributed by atoms with Crippen LogP contribution in [0.2, 0.25) is 5.15 Å². The summed E-state index contributed by atoms with van der Waals surface area (Å²) in [4.78, 5) is 10.4. The topological polar surface area (TPSA) is 56.1 Å². The van der Waals surface area contributed by atoms with E-state index in [1.165, 1.54) is 6.20 Å².